The summed E-state index contributed by atoms with van der Waals surface area (Å²) in [7, 11) is 0. The first-order valence-electron chi connectivity index (χ1n) is 5.36. The molecule has 82 valence electrons. The lowest BCUT2D eigenvalue weighted by Crippen LogP contribution is -2.09. The molecule has 1 atom stereocenters. The molecule has 0 N–H and O–H groups in total. The minimum atomic E-state index is 0.0124. The van der Waals surface area contributed by atoms with Crippen molar-refractivity contribution in [1.82, 2.24) is 4.98 Å². The van der Waals surface area contributed by atoms with Crippen molar-refractivity contribution < 1.29 is 9.53 Å². The highest BCUT2D eigenvalue weighted by molar-refractivity contribution is 7.12. The average molecular weight is 225 g/mol. The van der Waals surface area contributed by atoms with Gasteiger partial charge in [0.2, 0.25) is 0 Å². The van der Waals surface area contributed by atoms with Crippen LogP contribution in [0.5, 0.6) is 0 Å². The van der Waals surface area contributed by atoms with Crippen molar-refractivity contribution in [2.45, 2.75) is 39.2 Å². The molecule has 1 aliphatic carbocycles. The second-order valence-corrected chi connectivity index (χ2v) is 4.81. The molecule has 0 aromatic carbocycles. The Balaban J connectivity index is 2.25. The van der Waals surface area contributed by atoms with Gasteiger partial charge in [0.25, 0.3) is 0 Å². The maximum absolute atomic E-state index is 11.6. The number of Topliss-reactive ketones (excluding diaryl/α,β-unsaturated/α-hetero) is 1. The van der Waals surface area contributed by atoms with Gasteiger partial charge in [0.15, 0.2) is 5.78 Å². The molecule has 0 aliphatic heterocycles. The second kappa shape index (κ2) is 4.41. The normalized spacial score (nSPS) is 17.6. The third-order valence-electron chi connectivity index (χ3n) is 2.55. The minimum Gasteiger partial charge on any atom is -0.372 e. The number of hydrogen-bond acceptors (Lipinski definition) is 4. The molecular weight excluding hydrogens is 210 g/mol. The van der Waals surface area contributed by atoms with Gasteiger partial charge >= 0.3 is 0 Å². The van der Waals surface area contributed by atoms with Crippen LogP contribution in [-0.4, -0.2) is 17.4 Å². The Morgan fingerprint density at radius 3 is 3.00 bits per heavy atom. The summed E-state index contributed by atoms with van der Waals surface area (Å²) in [6, 6.07) is 0. The van der Waals surface area contributed by atoms with Crippen LogP contribution in [0.1, 0.15) is 53.2 Å². The Labute approximate surface area is 93.5 Å². The molecule has 0 radical (unpaired) electrons. The number of carbonyl (C=O) groups excluding carboxylic acids is 1. The van der Waals surface area contributed by atoms with Gasteiger partial charge in [0.05, 0.1) is 0 Å². The SMILES string of the molecule is CCOC(C)c1nc2c(s1)CCCC2=O. The number of rotatable bonds is 3. The molecule has 1 heterocycles. The summed E-state index contributed by atoms with van der Waals surface area (Å²) in [6.07, 6.45) is 2.63. The maximum atomic E-state index is 11.6. The molecular formula is C11H15NO2S. The first kappa shape index (κ1) is 10.8. The van der Waals surface area contributed by atoms with Crippen molar-refractivity contribution >= 4 is 17.1 Å². The van der Waals surface area contributed by atoms with Crippen molar-refractivity contribution in [3.05, 3.63) is 15.6 Å². The molecule has 2 rings (SSSR count). The fourth-order valence-corrected chi connectivity index (χ4v) is 2.91. The van der Waals surface area contributed by atoms with Crippen LogP contribution < -0.4 is 0 Å². The number of aromatic nitrogens is 1. The van der Waals surface area contributed by atoms with E-state index in [-0.39, 0.29) is 11.9 Å². The fraction of sp³-hybridized carbons (Fsp3) is 0.636. The van der Waals surface area contributed by atoms with Gasteiger partial charge in [-0.1, -0.05) is 0 Å². The van der Waals surface area contributed by atoms with Crippen molar-refractivity contribution in [1.29, 1.82) is 0 Å². The predicted molar refractivity (Wildman–Crippen MR) is 59.4 cm³/mol. The summed E-state index contributed by atoms with van der Waals surface area (Å²) >= 11 is 1.63. The van der Waals surface area contributed by atoms with Gasteiger partial charge in [-0.3, -0.25) is 4.79 Å². The summed E-state index contributed by atoms with van der Waals surface area (Å²) < 4.78 is 5.48. The number of carbonyl (C=O) groups is 1. The topological polar surface area (TPSA) is 39.2 Å². The van der Waals surface area contributed by atoms with Gasteiger partial charge < -0.3 is 4.74 Å². The van der Waals surface area contributed by atoms with Crippen LogP contribution in [0.25, 0.3) is 0 Å². The van der Waals surface area contributed by atoms with Crippen LogP contribution in [0.2, 0.25) is 0 Å². The van der Waals surface area contributed by atoms with Gasteiger partial charge in [-0.05, 0) is 26.7 Å². The maximum Gasteiger partial charge on any atom is 0.182 e. The van der Waals surface area contributed by atoms with Gasteiger partial charge in [-0.2, -0.15) is 0 Å². The number of thiazole rings is 1. The highest BCUT2D eigenvalue weighted by atomic mass is 32.1. The zero-order chi connectivity index (χ0) is 10.8. The van der Waals surface area contributed by atoms with Crippen LogP contribution in [0.4, 0.5) is 0 Å². The van der Waals surface area contributed by atoms with E-state index >= 15 is 0 Å². The number of hydrogen-bond donors (Lipinski definition) is 0. The summed E-state index contributed by atoms with van der Waals surface area (Å²) in [5.74, 6) is 0.197. The Morgan fingerprint density at radius 1 is 1.53 bits per heavy atom. The molecule has 0 saturated heterocycles. The Bertz CT molecular complexity index is 373. The van der Waals surface area contributed by atoms with E-state index in [1.54, 1.807) is 11.3 Å². The summed E-state index contributed by atoms with van der Waals surface area (Å²) in [5, 5.41) is 0.942. The van der Waals surface area contributed by atoms with Crippen molar-refractivity contribution in [3.8, 4) is 0 Å². The number of aryl methyl sites for hydroxylation is 1. The van der Waals surface area contributed by atoms with E-state index in [1.165, 1.54) is 0 Å². The highest BCUT2D eigenvalue weighted by Gasteiger charge is 2.23. The number of ether oxygens (including phenoxy) is 1. The Hall–Kier alpha value is -0.740. The minimum absolute atomic E-state index is 0.0124. The largest absolute Gasteiger partial charge is 0.372 e. The van der Waals surface area contributed by atoms with Crippen LogP contribution in [0.15, 0.2) is 0 Å². The summed E-state index contributed by atoms with van der Waals surface area (Å²) in [6.45, 7) is 4.63. The zero-order valence-corrected chi connectivity index (χ0v) is 9.89. The number of nitrogens with zero attached hydrogens (tertiary/aromatic N) is 1. The number of fused-ring (bicyclic) bond motifs is 1. The van der Waals surface area contributed by atoms with E-state index in [0.29, 0.717) is 18.7 Å². The average Bonchev–Trinajstić information content (AvgIpc) is 2.63. The molecule has 3 nitrogen and oxygen atoms in total. The lowest BCUT2D eigenvalue weighted by Gasteiger charge is -2.06. The van der Waals surface area contributed by atoms with E-state index in [2.05, 4.69) is 4.98 Å². The lowest BCUT2D eigenvalue weighted by molar-refractivity contribution is 0.0760. The molecule has 1 aromatic heterocycles. The molecule has 0 fully saturated rings. The summed E-state index contributed by atoms with van der Waals surface area (Å²) in [4.78, 5) is 17.1. The quantitative estimate of drug-likeness (QED) is 0.794. The molecule has 1 unspecified atom stereocenters. The van der Waals surface area contributed by atoms with Crippen LogP contribution in [0, 0.1) is 0 Å². The van der Waals surface area contributed by atoms with Crippen molar-refractivity contribution in [3.63, 3.8) is 0 Å². The first-order chi connectivity index (χ1) is 7.22. The third-order valence-corrected chi connectivity index (χ3v) is 3.83. The van der Waals surface area contributed by atoms with Crippen molar-refractivity contribution in [2.24, 2.45) is 0 Å². The standard InChI is InChI=1S/C11H15NO2S/c1-3-14-7(2)11-12-10-8(13)5-4-6-9(10)15-11/h7H,3-6H2,1-2H3. The predicted octanol–water partition coefficient (Wildman–Crippen LogP) is 2.76. The first-order valence-corrected chi connectivity index (χ1v) is 6.18. The molecule has 0 bridgehead atoms. The Morgan fingerprint density at radius 2 is 2.33 bits per heavy atom. The van der Waals surface area contributed by atoms with E-state index in [9.17, 15) is 4.79 Å². The van der Waals surface area contributed by atoms with Crippen LogP contribution in [0.3, 0.4) is 0 Å². The van der Waals surface area contributed by atoms with E-state index in [1.807, 2.05) is 13.8 Å². The lowest BCUT2D eigenvalue weighted by atomic mass is 10.0. The molecule has 15 heavy (non-hydrogen) atoms. The third kappa shape index (κ3) is 2.11. The van der Waals surface area contributed by atoms with Crippen LogP contribution >= 0.6 is 11.3 Å². The number of ketones is 1. The fourth-order valence-electron chi connectivity index (χ4n) is 1.78. The van der Waals surface area contributed by atoms with E-state index in [0.717, 1.165) is 22.7 Å². The van der Waals surface area contributed by atoms with Gasteiger partial charge in [0.1, 0.15) is 16.8 Å². The smallest absolute Gasteiger partial charge is 0.182 e. The van der Waals surface area contributed by atoms with Gasteiger partial charge in [-0.15, -0.1) is 11.3 Å². The summed E-state index contributed by atoms with van der Waals surface area (Å²) in [5.41, 5.74) is 0.702. The molecule has 4 heteroatoms. The van der Waals surface area contributed by atoms with E-state index in [4.69, 9.17) is 4.74 Å². The molecule has 0 saturated carbocycles. The molecule has 1 aromatic rings. The molecule has 0 amide bonds. The monoisotopic (exact) mass is 225 g/mol. The molecule has 0 spiro atoms. The second-order valence-electron chi connectivity index (χ2n) is 3.70. The Kier molecular flexibility index (Phi) is 3.17. The van der Waals surface area contributed by atoms with E-state index < -0.39 is 0 Å². The van der Waals surface area contributed by atoms with Crippen LogP contribution in [-0.2, 0) is 11.2 Å². The molecule has 1 aliphatic rings. The highest BCUT2D eigenvalue weighted by Crippen LogP contribution is 2.30. The zero-order valence-electron chi connectivity index (χ0n) is 9.08. The van der Waals surface area contributed by atoms with Gasteiger partial charge in [-0.25, -0.2) is 4.98 Å². The van der Waals surface area contributed by atoms with Crippen molar-refractivity contribution in [2.75, 3.05) is 6.61 Å². The van der Waals surface area contributed by atoms with Gasteiger partial charge in [0, 0.05) is 17.9 Å².